The Morgan fingerprint density at radius 3 is 2.58 bits per heavy atom. The van der Waals surface area contributed by atoms with Crippen molar-refractivity contribution in [2.24, 2.45) is 5.92 Å². The second-order valence-electron chi connectivity index (χ2n) is 4.98. The topological polar surface area (TPSA) is 75.2 Å². The Hall–Kier alpha value is -1.63. The molecule has 0 saturated carbocycles. The van der Waals surface area contributed by atoms with Gasteiger partial charge in [0.05, 0.1) is 6.61 Å². The molecule has 2 N–H and O–H groups in total. The maximum Gasteiger partial charge on any atom is 0.231 e. The summed E-state index contributed by atoms with van der Waals surface area (Å²) in [4.78, 5) is 14.9. The Bertz CT molecular complexity index is 419. The minimum Gasteiger partial charge on any atom is -0.381 e. The molecular weight excluding hydrogens is 244 g/mol. The number of rotatable bonds is 5. The van der Waals surface area contributed by atoms with E-state index in [2.05, 4.69) is 32.5 Å². The van der Waals surface area contributed by atoms with Gasteiger partial charge in [0.25, 0.3) is 0 Å². The van der Waals surface area contributed by atoms with E-state index in [0.717, 1.165) is 19.6 Å². The molecule has 0 spiro atoms. The highest BCUT2D eigenvalue weighted by Crippen LogP contribution is 2.20. The molecule has 1 aromatic rings. The lowest BCUT2D eigenvalue weighted by atomic mass is 10.0. The van der Waals surface area contributed by atoms with Gasteiger partial charge in [-0.05, 0) is 13.3 Å². The second-order valence-corrected chi connectivity index (χ2v) is 4.98. The van der Waals surface area contributed by atoms with Crippen LogP contribution in [0.1, 0.15) is 13.3 Å². The summed E-state index contributed by atoms with van der Waals surface area (Å²) in [5.41, 5.74) is 0. The van der Waals surface area contributed by atoms with Crippen molar-refractivity contribution in [2.45, 2.75) is 19.4 Å². The van der Waals surface area contributed by atoms with Gasteiger partial charge in [-0.2, -0.15) is 15.0 Å². The zero-order valence-corrected chi connectivity index (χ0v) is 12.0. The summed E-state index contributed by atoms with van der Waals surface area (Å²) in [5.74, 6) is 2.31. The van der Waals surface area contributed by atoms with E-state index in [-0.39, 0.29) is 6.04 Å². The molecule has 7 heteroatoms. The van der Waals surface area contributed by atoms with Crippen LogP contribution in [0.4, 0.5) is 17.8 Å². The number of anilines is 3. The summed E-state index contributed by atoms with van der Waals surface area (Å²) < 4.78 is 5.41. The van der Waals surface area contributed by atoms with Gasteiger partial charge >= 0.3 is 0 Å². The van der Waals surface area contributed by atoms with Gasteiger partial charge in [0.2, 0.25) is 17.8 Å². The number of nitrogens with zero attached hydrogens (tertiary/aromatic N) is 4. The van der Waals surface area contributed by atoms with Crippen LogP contribution in [0.2, 0.25) is 0 Å². The second kappa shape index (κ2) is 6.01. The molecule has 2 atom stereocenters. The van der Waals surface area contributed by atoms with E-state index in [9.17, 15) is 0 Å². The third kappa shape index (κ3) is 3.44. The van der Waals surface area contributed by atoms with Crippen molar-refractivity contribution in [1.29, 1.82) is 0 Å². The van der Waals surface area contributed by atoms with E-state index in [1.165, 1.54) is 0 Å². The van der Waals surface area contributed by atoms with Crippen molar-refractivity contribution in [3.8, 4) is 0 Å². The summed E-state index contributed by atoms with van der Waals surface area (Å²) in [6.07, 6.45) is 1.08. The molecule has 0 bridgehead atoms. The first kappa shape index (κ1) is 13.8. The number of hydrogen-bond donors (Lipinski definition) is 2. The number of hydrogen-bond acceptors (Lipinski definition) is 7. The smallest absolute Gasteiger partial charge is 0.231 e. The lowest BCUT2D eigenvalue weighted by molar-refractivity contribution is 0.183. The van der Waals surface area contributed by atoms with Gasteiger partial charge in [-0.25, -0.2) is 0 Å². The minimum atomic E-state index is 0.282. The van der Waals surface area contributed by atoms with Crippen LogP contribution >= 0.6 is 0 Å². The fraction of sp³-hybridized carbons (Fsp3) is 0.750. The predicted molar refractivity (Wildman–Crippen MR) is 75.7 cm³/mol. The van der Waals surface area contributed by atoms with Crippen molar-refractivity contribution in [3.05, 3.63) is 0 Å². The molecule has 1 aliphatic heterocycles. The molecule has 7 nitrogen and oxygen atoms in total. The summed E-state index contributed by atoms with van der Waals surface area (Å²) in [6, 6.07) is 0.282. The zero-order chi connectivity index (χ0) is 13.8. The van der Waals surface area contributed by atoms with Gasteiger partial charge in [0, 0.05) is 39.7 Å². The van der Waals surface area contributed by atoms with Gasteiger partial charge in [-0.15, -0.1) is 0 Å². The molecule has 1 aromatic heterocycles. The molecular formula is C12H22N6O. The van der Waals surface area contributed by atoms with Crippen molar-refractivity contribution in [3.63, 3.8) is 0 Å². The van der Waals surface area contributed by atoms with Crippen LogP contribution in [-0.4, -0.2) is 55.4 Å². The molecule has 0 aromatic carbocycles. The average molecular weight is 266 g/mol. The third-order valence-corrected chi connectivity index (χ3v) is 3.28. The quantitative estimate of drug-likeness (QED) is 0.817. The Labute approximate surface area is 113 Å². The molecule has 0 aliphatic carbocycles. The van der Waals surface area contributed by atoms with E-state index in [4.69, 9.17) is 4.74 Å². The largest absolute Gasteiger partial charge is 0.381 e. The molecule has 2 rings (SSSR count). The molecule has 0 amide bonds. The summed E-state index contributed by atoms with van der Waals surface area (Å²) in [6.45, 7) is 3.79. The average Bonchev–Trinajstić information content (AvgIpc) is 2.92. The minimum absolute atomic E-state index is 0.282. The molecule has 0 radical (unpaired) electrons. The fourth-order valence-corrected chi connectivity index (χ4v) is 2.01. The Kier molecular flexibility index (Phi) is 4.36. The van der Waals surface area contributed by atoms with Crippen molar-refractivity contribution >= 4 is 17.8 Å². The highest BCUT2D eigenvalue weighted by atomic mass is 16.5. The standard InChI is InChI=1S/C12H22N6O/c1-8(9-5-6-19-7-9)14-11-15-10(13-2)16-12(17-11)18(3)4/h8-9H,5-7H2,1-4H3,(H2,13,14,15,16,17). The summed E-state index contributed by atoms with van der Waals surface area (Å²) in [5, 5.41) is 6.30. The first-order valence-electron chi connectivity index (χ1n) is 6.55. The monoisotopic (exact) mass is 266 g/mol. The van der Waals surface area contributed by atoms with Crippen LogP contribution < -0.4 is 15.5 Å². The molecule has 106 valence electrons. The molecule has 2 unspecified atom stereocenters. The molecule has 19 heavy (non-hydrogen) atoms. The van der Waals surface area contributed by atoms with Crippen LogP contribution in [0.25, 0.3) is 0 Å². The fourth-order valence-electron chi connectivity index (χ4n) is 2.01. The SMILES string of the molecule is CNc1nc(NC(C)C2CCOC2)nc(N(C)C)n1. The molecule has 1 aliphatic rings. The van der Waals surface area contributed by atoms with E-state index in [1.807, 2.05) is 19.0 Å². The third-order valence-electron chi connectivity index (χ3n) is 3.28. The number of ether oxygens (including phenoxy) is 1. The Morgan fingerprint density at radius 1 is 1.26 bits per heavy atom. The lowest BCUT2D eigenvalue weighted by Crippen LogP contribution is -2.28. The van der Waals surface area contributed by atoms with Crippen molar-refractivity contribution in [2.75, 3.05) is 49.9 Å². The maximum absolute atomic E-state index is 5.41. The Balaban J connectivity index is 2.11. The first-order valence-corrected chi connectivity index (χ1v) is 6.55. The summed E-state index contributed by atoms with van der Waals surface area (Å²) in [7, 11) is 5.62. The highest BCUT2D eigenvalue weighted by Gasteiger charge is 2.23. The highest BCUT2D eigenvalue weighted by molar-refractivity contribution is 5.43. The van der Waals surface area contributed by atoms with E-state index >= 15 is 0 Å². The van der Waals surface area contributed by atoms with Gasteiger partial charge in [-0.1, -0.05) is 0 Å². The number of aromatic nitrogens is 3. The zero-order valence-electron chi connectivity index (χ0n) is 12.0. The number of nitrogens with one attached hydrogen (secondary N) is 2. The van der Waals surface area contributed by atoms with Crippen LogP contribution in [0.3, 0.4) is 0 Å². The first-order chi connectivity index (χ1) is 9.10. The van der Waals surface area contributed by atoms with Crippen molar-refractivity contribution < 1.29 is 4.74 Å². The van der Waals surface area contributed by atoms with E-state index in [0.29, 0.717) is 23.8 Å². The van der Waals surface area contributed by atoms with E-state index < -0.39 is 0 Å². The van der Waals surface area contributed by atoms with Gasteiger partial charge < -0.3 is 20.3 Å². The van der Waals surface area contributed by atoms with Crippen LogP contribution in [0, 0.1) is 5.92 Å². The maximum atomic E-state index is 5.41. The Morgan fingerprint density at radius 2 is 2.00 bits per heavy atom. The molecule has 1 fully saturated rings. The summed E-state index contributed by atoms with van der Waals surface area (Å²) >= 11 is 0. The molecule has 2 heterocycles. The van der Waals surface area contributed by atoms with E-state index in [1.54, 1.807) is 7.05 Å². The molecule has 1 saturated heterocycles. The van der Waals surface area contributed by atoms with Crippen molar-refractivity contribution in [1.82, 2.24) is 15.0 Å². The normalized spacial score (nSPS) is 20.1. The van der Waals surface area contributed by atoms with Crippen LogP contribution in [-0.2, 0) is 4.74 Å². The lowest BCUT2D eigenvalue weighted by Gasteiger charge is -2.20. The predicted octanol–water partition coefficient (Wildman–Crippen LogP) is 0.816. The van der Waals surface area contributed by atoms with Gasteiger partial charge in [0.15, 0.2) is 0 Å². The van der Waals surface area contributed by atoms with Crippen LogP contribution in [0.15, 0.2) is 0 Å². The van der Waals surface area contributed by atoms with Gasteiger partial charge in [-0.3, -0.25) is 0 Å². The van der Waals surface area contributed by atoms with Gasteiger partial charge in [0.1, 0.15) is 0 Å². The van der Waals surface area contributed by atoms with Crippen LogP contribution in [0.5, 0.6) is 0 Å².